The number of hydrogen-bond donors (Lipinski definition) is 1. The molecular weight excluding hydrogens is 550 g/mol. The van der Waals surface area contributed by atoms with E-state index in [1.807, 2.05) is 6.92 Å². The molecule has 1 amide bonds. The van der Waals surface area contributed by atoms with Gasteiger partial charge >= 0.3 is 0 Å². The second kappa shape index (κ2) is 11.9. The number of anilines is 1. The Morgan fingerprint density at radius 1 is 1.00 bits per heavy atom. The zero-order chi connectivity index (χ0) is 26.3. The van der Waals surface area contributed by atoms with E-state index >= 15 is 0 Å². The highest BCUT2D eigenvalue weighted by atomic mass is 79.9. The molecule has 0 saturated carbocycles. The summed E-state index contributed by atoms with van der Waals surface area (Å²) in [6.45, 7) is 1.39. The lowest BCUT2D eigenvalue weighted by atomic mass is 10.2. The molecule has 0 aliphatic heterocycles. The van der Waals surface area contributed by atoms with Gasteiger partial charge < -0.3 is 14.2 Å². The lowest BCUT2D eigenvalue weighted by Crippen LogP contribution is -2.39. The molecule has 0 atom stereocenters. The third-order valence-electron chi connectivity index (χ3n) is 5.15. The molecule has 0 aliphatic rings. The first-order chi connectivity index (χ1) is 17.2. The second-order valence-electron chi connectivity index (χ2n) is 7.52. The standard InChI is InChI=1S/C25H26BrN3O6S/c1-17-8-10-19(11-9-17)29(36(31,32)20-12-13-22(33-2)21(26)14-20)16-24(30)28-27-15-18-6-5-7-23(34-3)25(18)35-4/h5-15H,16H2,1-4H3,(H,28,30)/b27-15-. The summed E-state index contributed by atoms with van der Waals surface area (Å²) < 4.78 is 44.4. The number of aryl methyl sites for hydroxylation is 1. The number of ether oxygens (including phenoxy) is 3. The molecule has 11 heteroatoms. The number of nitrogens with zero attached hydrogens (tertiary/aromatic N) is 2. The third kappa shape index (κ3) is 6.16. The molecule has 0 unspecified atom stereocenters. The number of hydrogen-bond acceptors (Lipinski definition) is 7. The quantitative estimate of drug-likeness (QED) is 0.288. The molecule has 0 aromatic heterocycles. The van der Waals surface area contributed by atoms with E-state index in [0.29, 0.717) is 33.0 Å². The SMILES string of the molecule is COc1ccc(S(=O)(=O)N(CC(=O)N/N=C\c2cccc(OC)c2OC)c2ccc(C)cc2)cc1Br. The number of methoxy groups -OCH3 is 3. The van der Waals surface area contributed by atoms with Gasteiger partial charge in [-0.15, -0.1) is 0 Å². The van der Waals surface area contributed by atoms with Crippen LogP contribution in [-0.4, -0.2) is 48.4 Å². The van der Waals surface area contributed by atoms with E-state index in [0.717, 1.165) is 9.87 Å². The highest BCUT2D eigenvalue weighted by molar-refractivity contribution is 9.10. The van der Waals surface area contributed by atoms with Crippen molar-refractivity contribution in [1.82, 2.24) is 5.43 Å². The zero-order valence-corrected chi connectivity index (χ0v) is 22.6. The van der Waals surface area contributed by atoms with E-state index in [4.69, 9.17) is 14.2 Å². The van der Waals surface area contributed by atoms with Gasteiger partial charge in [0.05, 0.1) is 42.6 Å². The third-order valence-corrected chi connectivity index (χ3v) is 7.54. The van der Waals surface area contributed by atoms with Gasteiger partial charge in [0.25, 0.3) is 15.9 Å². The summed E-state index contributed by atoms with van der Waals surface area (Å²) in [5.41, 5.74) is 4.24. The van der Waals surface area contributed by atoms with Crippen molar-refractivity contribution in [1.29, 1.82) is 0 Å². The van der Waals surface area contributed by atoms with Crippen molar-refractivity contribution in [3.05, 3.63) is 76.3 Å². The number of rotatable bonds is 10. The van der Waals surface area contributed by atoms with Gasteiger partial charge in [0.1, 0.15) is 12.3 Å². The summed E-state index contributed by atoms with van der Waals surface area (Å²) >= 11 is 3.32. The van der Waals surface area contributed by atoms with Crippen molar-refractivity contribution in [3.8, 4) is 17.2 Å². The number of benzene rings is 3. The predicted octanol–water partition coefficient (Wildman–Crippen LogP) is 4.13. The summed E-state index contributed by atoms with van der Waals surface area (Å²) in [6, 6.07) is 16.4. The van der Waals surface area contributed by atoms with E-state index in [2.05, 4.69) is 26.5 Å². The maximum absolute atomic E-state index is 13.6. The monoisotopic (exact) mass is 575 g/mol. The molecule has 9 nitrogen and oxygen atoms in total. The maximum atomic E-state index is 13.6. The highest BCUT2D eigenvalue weighted by Gasteiger charge is 2.28. The average molecular weight is 576 g/mol. The van der Waals surface area contributed by atoms with Crippen molar-refractivity contribution in [2.45, 2.75) is 11.8 Å². The van der Waals surface area contributed by atoms with E-state index in [1.165, 1.54) is 45.7 Å². The van der Waals surface area contributed by atoms with Gasteiger partial charge in [-0.25, -0.2) is 13.8 Å². The molecule has 36 heavy (non-hydrogen) atoms. The lowest BCUT2D eigenvalue weighted by Gasteiger charge is -2.24. The summed E-state index contributed by atoms with van der Waals surface area (Å²) in [6.07, 6.45) is 1.39. The minimum absolute atomic E-state index is 0.00633. The van der Waals surface area contributed by atoms with Crippen LogP contribution in [0.15, 0.2) is 75.1 Å². The van der Waals surface area contributed by atoms with Crippen molar-refractivity contribution in [2.24, 2.45) is 5.10 Å². The fraction of sp³-hybridized carbons (Fsp3) is 0.200. The Kier molecular flexibility index (Phi) is 8.94. The molecule has 0 saturated heterocycles. The van der Waals surface area contributed by atoms with Crippen molar-refractivity contribution >= 4 is 43.8 Å². The van der Waals surface area contributed by atoms with Gasteiger partial charge in [-0.2, -0.15) is 5.10 Å². The number of carbonyl (C=O) groups excluding carboxylic acids is 1. The Hall–Kier alpha value is -3.57. The number of amides is 1. The Morgan fingerprint density at radius 3 is 2.31 bits per heavy atom. The van der Waals surface area contributed by atoms with Crippen molar-refractivity contribution in [2.75, 3.05) is 32.2 Å². The van der Waals surface area contributed by atoms with Crippen LogP contribution in [0, 0.1) is 6.92 Å². The smallest absolute Gasteiger partial charge is 0.264 e. The summed E-state index contributed by atoms with van der Waals surface area (Å²) in [4.78, 5) is 12.8. The number of nitrogens with one attached hydrogen (secondary N) is 1. The minimum Gasteiger partial charge on any atom is -0.496 e. The predicted molar refractivity (Wildman–Crippen MR) is 142 cm³/mol. The van der Waals surface area contributed by atoms with Crippen LogP contribution in [-0.2, 0) is 14.8 Å². The Bertz CT molecular complexity index is 1360. The van der Waals surface area contributed by atoms with Crippen LogP contribution < -0.4 is 23.9 Å². The summed E-state index contributed by atoms with van der Waals surface area (Å²) in [7, 11) is 0.389. The Balaban J connectivity index is 1.88. The molecule has 1 N–H and O–H groups in total. The fourth-order valence-corrected chi connectivity index (χ4v) is 5.45. The first kappa shape index (κ1) is 27.0. The van der Waals surface area contributed by atoms with Crippen molar-refractivity contribution < 1.29 is 27.4 Å². The minimum atomic E-state index is -4.11. The van der Waals surface area contributed by atoms with E-state index in [-0.39, 0.29) is 4.90 Å². The Morgan fingerprint density at radius 2 is 1.69 bits per heavy atom. The second-order valence-corrected chi connectivity index (χ2v) is 10.2. The van der Waals surface area contributed by atoms with E-state index in [1.54, 1.807) is 42.5 Å². The fourth-order valence-electron chi connectivity index (χ4n) is 3.31. The molecule has 0 aliphatic carbocycles. The van der Waals surface area contributed by atoms with Gasteiger partial charge in [0.2, 0.25) is 0 Å². The molecule has 3 rings (SSSR count). The van der Waals surface area contributed by atoms with Crippen LogP contribution >= 0.6 is 15.9 Å². The van der Waals surface area contributed by atoms with Gasteiger partial charge in [-0.05, 0) is 65.3 Å². The summed E-state index contributed by atoms with van der Waals surface area (Å²) in [5, 5.41) is 3.97. The molecule has 0 radical (unpaired) electrons. The van der Waals surface area contributed by atoms with Gasteiger partial charge in [-0.1, -0.05) is 23.8 Å². The number of hydrazone groups is 1. The van der Waals surface area contributed by atoms with E-state index < -0.39 is 22.5 Å². The lowest BCUT2D eigenvalue weighted by molar-refractivity contribution is -0.119. The van der Waals surface area contributed by atoms with Crippen LogP contribution in [0.2, 0.25) is 0 Å². The van der Waals surface area contributed by atoms with Crippen LogP contribution in [0.3, 0.4) is 0 Å². The molecule has 3 aromatic rings. The molecular formula is C25H26BrN3O6S. The van der Waals surface area contributed by atoms with Crippen LogP contribution in [0.1, 0.15) is 11.1 Å². The molecule has 0 fully saturated rings. The molecule has 3 aromatic carbocycles. The Labute approximate surface area is 218 Å². The average Bonchev–Trinajstić information content (AvgIpc) is 2.87. The van der Waals surface area contributed by atoms with Gasteiger partial charge in [-0.3, -0.25) is 9.10 Å². The zero-order valence-electron chi connectivity index (χ0n) is 20.2. The maximum Gasteiger partial charge on any atom is 0.264 e. The van der Waals surface area contributed by atoms with Gasteiger partial charge in [0.15, 0.2) is 11.5 Å². The topological polar surface area (TPSA) is 107 Å². The first-order valence-electron chi connectivity index (χ1n) is 10.7. The normalized spacial score (nSPS) is 11.2. The molecule has 0 spiro atoms. The summed E-state index contributed by atoms with van der Waals surface area (Å²) in [5.74, 6) is 0.808. The van der Waals surface area contributed by atoms with Crippen LogP contribution in [0.25, 0.3) is 0 Å². The molecule has 190 valence electrons. The van der Waals surface area contributed by atoms with Crippen LogP contribution in [0.5, 0.6) is 17.2 Å². The van der Waals surface area contributed by atoms with Gasteiger partial charge in [0, 0.05) is 5.56 Å². The number of para-hydroxylation sites is 1. The van der Waals surface area contributed by atoms with Crippen LogP contribution in [0.4, 0.5) is 5.69 Å². The largest absolute Gasteiger partial charge is 0.496 e. The number of halogens is 1. The molecule has 0 bridgehead atoms. The number of carbonyl (C=O) groups is 1. The van der Waals surface area contributed by atoms with E-state index in [9.17, 15) is 13.2 Å². The highest BCUT2D eigenvalue weighted by Crippen LogP contribution is 2.31. The first-order valence-corrected chi connectivity index (χ1v) is 12.9. The number of sulfonamides is 1. The molecule has 0 heterocycles. The van der Waals surface area contributed by atoms with Crippen molar-refractivity contribution in [3.63, 3.8) is 0 Å².